The third kappa shape index (κ3) is 8.20. The van der Waals surface area contributed by atoms with E-state index in [0.29, 0.717) is 37.5 Å². The zero-order valence-corrected chi connectivity index (χ0v) is 38.5. The van der Waals surface area contributed by atoms with Crippen LogP contribution in [0.1, 0.15) is 75.8 Å². The predicted octanol–water partition coefficient (Wildman–Crippen LogP) is 7.09. The summed E-state index contributed by atoms with van der Waals surface area (Å²) >= 11 is 6.62. The standard InChI is InChI=1S/C48H55ClF3N11O4/c1-59-40-33(39-41(45(59)66)67-26-48(51,52)42(56-39)28-3-4-28)21-29(22-35(40)50)54-43-34(49)24-53-46(57-43)63-19-13-47(14-20-63)11-17-61(18-12-47)25-27-9-15-62(16-10-27)30-5-6-31-36(23-30)60(2)58-38(31)32-7-8-37(64)55-44(32)65/h5-6,21-24,27-28,32,42,56H,3-4,7-20,25-26H2,1-2H3,(H,53,54,57)(H,55,64,65). The first-order valence-corrected chi connectivity index (χ1v) is 24.1. The quantitative estimate of drug-likeness (QED) is 0.136. The van der Waals surface area contributed by atoms with Crippen molar-refractivity contribution in [2.75, 3.05) is 72.9 Å². The van der Waals surface area contributed by atoms with Gasteiger partial charge >= 0.3 is 5.92 Å². The number of benzene rings is 2. The topological polar surface area (TPSA) is 155 Å². The minimum absolute atomic E-state index is 0.0317. The van der Waals surface area contributed by atoms with E-state index >= 15 is 13.2 Å². The maximum Gasteiger partial charge on any atom is 0.301 e. The van der Waals surface area contributed by atoms with E-state index in [1.165, 1.54) is 25.0 Å². The lowest BCUT2D eigenvalue weighted by atomic mass is 9.71. The molecule has 67 heavy (non-hydrogen) atoms. The molecule has 5 fully saturated rings. The van der Waals surface area contributed by atoms with Gasteiger partial charge in [-0.15, -0.1) is 0 Å². The van der Waals surface area contributed by atoms with Gasteiger partial charge in [0.1, 0.15) is 10.8 Å². The van der Waals surface area contributed by atoms with Crippen LogP contribution in [0.3, 0.4) is 0 Å². The highest BCUT2D eigenvalue weighted by Gasteiger charge is 2.51. The van der Waals surface area contributed by atoms with Gasteiger partial charge in [0.05, 0.1) is 40.6 Å². The molecule has 6 aliphatic rings. The predicted molar refractivity (Wildman–Crippen MR) is 250 cm³/mol. The molecule has 3 aromatic heterocycles. The largest absolute Gasteiger partial charge is 0.480 e. The number of alkyl halides is 2. The smallest absolute Gasteiger partial charge is 0.301 e. The number of piperidine rings is 4. The van der Waals surface area contributed by atoms with Crippen LogP contribution in [0.25, 0.3) is 21.8 Å². The van der Waals surface area contributed by atoms with Crippen molar-refractivity contribution >= 4 is 74.0 Å². The van der Waals surface area contributed by atoms with E-state index < -0.39 is 35.9 Å². The number of fused-ring (bicyclic) bond motifs is 4. The maximum absolute atomic E-state index is 15.9. The number of amides is 2. The van der Waals surface area contributed by atoms with Crippen LogP contribution in [-0.2, 0) is 23.7 Å². The van der Waals surface area contributed by atoms with E-state index in [1.54, 1.807) is 6.07 Å². The maximum atomic E-state index is 15.9. The number of hydrogen-bond donors (Lipinski definition) is 3. The second-order valence-corrected chi connectivity index (χ2v) is 20.3. The molecule has 8 heterocycles. The first kappa shape index (κ1) is 43.9. The third-order valence-corrected chi connectivity index (χ3v) is 15.9. The van der Waals surface area contributed by atoms with E-state index in [-0.39, 0.29) is 62.0 Å². The zero-order chi connectivity index (χ0) is 46.4. The molecule has 354 valence electrons. The Morgan fingerprint density at radius 1 is 0.910 bits per heavy atom. The molecule has 4 saturated heterocycles. The van der Waals surface area contributed by atoms with Crippen molar-refractivity contribution in [3.63, 3.8) is 0 Å². The molecular weight excluding hydrogens is 887 g/mol. The van der Waals surface area contributed by atoms with Gasteiger partial charge in [-0.25, -0.2) is 18.2 Å². The van der Waals surface area contributed by atoms with Gasteiger partial charge in [-0.3, -0.25) is 24.4 Å². The van der Waals surface area contributed by atoms with Crippen LogP contribution in [0.4, 0.5) is 42.0 Å². The van der Waals surface area contributed by atoms with Crippen molar-refractivity contribution in [1.82, 2.24) is 34.5 Å². The number of halogens is 4. The summed E-state index contributed by atoms with van der Waals surface area (Å²) < 4.78 is 54.7. The van der Waals surface area contributed by atoms with Crippen molar-refractivity contribution in [3.05, 3.63) is 63.4 Å². The number of carbonyl (C=O) groups excluding carboxylic acids is 2. The molecular formula is C48H55ClF3N11O4. The number of aryl methyl sites for hydroxylation is 2. The summed E-state index contributed by atoms with van der Waals surface area (Å²) in [7, 11) is 3.31. The number of carbonyl (C=O) groups is 2. The number of ether oxygens (including phenoxy) is 1. The fourth-order valence-corrected chi connectivity index (χ4v) is 11.6. The number of pyridine rings is 1. The molecule has 1 aliphatic carbocycles. The van der Waals surface area contributed by atoms with Gasteiger partial charge < -0.3 is 34.6 Å². The number of nitrogens with zero attached hydrogens (tertiary/aromatic N) is 8. The Balaban J connectivity index is 0.694. The van der Waals surface area contributed by atoms with Crippen molar-refractivity contribution in [3.8, 4) is 5.75 Å². The van der Waals surface area contributed by atoms with Gasteiger partial charge in [0, 0.05) is 75.4 Å². The van der Waals surface area contributed by atoms with Crippen molar-refractivity contribution < 1.29 is 27.5 Å². The minimum atomic E-state index is -3.22. The first-order valence-electron chi connectivity index (χ1n) is 23.7. The highest BCUT2D eigenvalue weighted by molar-refractivity contribution is 6.33. The summed E-state index contributed by atoms with van der Waals surface area (Å²) in [6.07, 6.45) is 10.2. The molecule has 3 N–H and O–H groups in total. The first-order chi connectivity index (χ1) is 32.2. The summed E-state index contributed by atoms with van der Waals surface area (Å²) in [5, 5.41) is 14.7. The SMILES string of the molecule is Cn1nc(C2CCC(=O)NC2=O)c2ccc(N3CCC(CN4CCC5(CC4)CCN(c4ncc(Cl)c(Nc6cc(F)c7c(c6)c6c(c(=O)n7C)OCC(F)(F)C(C7CC7)N6)n4)CC5)CC3)cc21. The molecule has 1 saturated carbocycles. The second kappa shape index (κ2) is 16.9. The third-order valence-electron chi connectivity index (χ3n) is 15.6. The lowest BCUT2D eigenvalue weighted by Gasteiger charge is -2.47. The Labute approximate surface area is 390 Å². The molecule has 11 rings (SSSR count). The lowest BCUT2D eigenvalue weighted by molar-refractivity contribution is -0.134. The number of rotatable bonds is 8. The number of nitrogens with one attached hydrogen (secondary N) is 3. The lowest BCUT2D eigenvalue weighted by Crippen LogP contribution is -2.48. The monoisotopic (exact) mass is 941 g/mol. The van der Waals surface area contributed by atoms with Gasteiger partial charge in [0.2, 0.25) is 23.5 Å². The summed E-state index contributed by atoms with van der Waals surface area (Å²) in [5.41, 5.74) is 2.77. The molecule has 15 nitrogen and oxygen atoms in total. The van der Waals surface area contributed by atoms with Crippen molar-refractivity contribution in [2.24, 2.45) is 31.3 Å². The highest BCUT2D eigenvalue weighted by atomic mass is 35.5. The van der Waals surface area contributed by atoms with Crippen molar-refractivity contribution in [2.45, 2.75) is 82.1 Å². The van der Waals surface area contributed by atoms with Gasteiger partial charge in [-0.1, -0.05) is 11.6 Å². The molecule has 19 heteroatoms. The van der Waals surface area contributed by atoms with E-state index in [2.05, 4.69) is 53.8 Å². The summed E-state index contributed by atoms with van der Waals surface area (Å²) in [5.74, 6) is -3.94. The summed E-state index contributed by atoms with van der Waals surface area (Å²) in [6.45, 7) is 5.92. The van der Waals surface area contributed by atoms with Gasteiger partial charge in [-0.05, 0) is 118 Å². The Morgan fingerprint density at radius 3 is 2.39 bits per heavy atom. The fourth-order valence-electron chi connectivity index (χ4n) is 11.4. The number of imide groups is 1. The van der Waals surface area contributed by atoms with Crippen LogP contribution < -0.4 is 36.0 Å². The van der Waals surface area contributed by atoms with Crippen LogP contribution in [0, 0.1) is 23.1 Å². The number of aromatic nitrogens is 5. The number of likely N-dealkylation sites (tertiary alicyclic amines) is 1. The number of hydrogen-bond acceptors (Lipinski definition) is 12. The molecule has 5 aliphatic heterocycles. The van der Waals surface area contributed by atoms with Crippen LogP contribution in [-0.4, -0.2) is 105 Å². The normalized spacial score (nSPS) is 23.5. The summed E-state index contributed by atoms with van der Waals surface area (Å²) in [6, 6.07) is 8.01. The van der Waals surface area contributed by atoms with E-state index in [1.807, 2.05) is 11.7 Å². The van der Waals surface area contributed by atoms with Crippen LogP contribution in [0.2, 0.25) is 5.02 Å². The van der Waals surface area contributed by atoms with E-state index in [0.717, 1.165) is 106 Å². The van der Waals surface area contributed by atoms with Crippen LogP contribution in [0.15, 0.2) is 41.3 Å². The Kier molecular flexibility index (Phi) is 11.1. The van der Waals surface area contributed by atoms with Crippen molar-refractivity contribution in [1.29, 1.82) is 0 Å². The molecule has 5 aromatic rings. The average Bonchev–Trinajstić information content (AvgIpc) is 4.12. The van der Waals surface area contributed by atoms with E-state index in [9.17, 15) is 14.4 Å². The average molecular weight is 942 g/mol. The van der Waals surface area contributed by atoms with E-state index in [4.69, 9.17) is 26.4 Å². The number of anilines is 5. The van der Waals surface area contributed by atoms with Gasteiger partial charge in [0.25, 0.3) is 5.56 Å². The molecule has 0 radical (unpaired) electrons. The van der Waals surface area contributed by atoms with Crippen LogP contribution >= 0.6 is 11.6 Å². The van der Waals surface area contributed by atoms with Gasteiger partial charge in [0.15, 0.2) is 12.4 Å². The summed E-state index contributed by atoms with van der Waals surface area (Å²) in [4.78, 5) is 54.3. The zero-order valence-electron chi connectivity index (χ0n) is 37.7. The molecule has 2 unspecified atom stereocenters. The molecule has 2 atom stereocenters. The molecule has 2 amide bonds. The molecule has 1 spiro atoms. The fraction of sp³-hybridized carbons (Fsp3) is 0.542. The molecule has 0 bridgehead atoms. The Hall–Kier alpha value is -5.62. The van der Waals surface area contributed by atoms with Gasteiger partial charge in [-0.2, -0.15) is 10.1 Å². The van der Waals surface area contributed by atoms with Crippen LogP contribution in [0.5, 0.6) is 5.75 Å². The molecule has 2 aromatic carbocycles. The minimum Gasteiger partial charge on any atom is -0.480 e. The second-order valence-electron chi connectivity index (χ2n) is 19.9. The Morgan fingerprint density at radius 2 is 1.66 bits per heavy atom. The highest BCUT2D eigenvalue weighted by Crippen LogP contribution is 2.47. The Bertz CT molecular complexity index is 2840.